The maximum absolute atomic E-state index is 12.6. The van der Waals surface area contributed by atoms with E-state index in [1.807, 2.05) is 24.4 Å². The number of aliphatic hydroxyl groups is 1. The summed E-state index contributed by atoms with van der Waals surface area (Å²) in [4.78, 5) is 19.5. The first-order chi connectivity index (χ1) is 16.1. The highest BCUT2D eigenvalue weighted by atomic mass is 16.3. The van der Waals surface area contributed by atoms with E-state index in [1.165, 1.54) is 0 Å². The number of para-hydroxylation sites is 2. The van der Waals surface area contributed by atoms with Crippen molar-refractivity contribution >= 4 is 17.3 Å². The zero-order valence-electron chi connectivity index (χ0n) is 18.1. The molecule has 1 amide bonds. The molecular formula is C26H25N5O2. The summed E-state index contributed by atoms with van der Waals surface area (Å²) in [6.07, 6.45) is 1.82. The summed E-state index contributed by atoms with van der Waals surface area (Å²) in [6, 6.07) is 18.3. The molecule has 3 atom stereocenters. The summed E-state index contributed by atoms with van der Waals surface area (Å²) in [5.74, 6) is 1.46. The second kappa shape index (κ2) is 8.66. The van der Waals surface area contributed by atoms with Crippen LogP contribution in [0.25, 0.3) is 11.3 Å². The number of likely N-dealkylation sites (tertiary alicyclic amines) is 1. The number of aliphatic hydroxyl groups excluding tert-OH is 1. The normalized spacial score (nSPS) is 21.3. The number of anilines is 2. The third-order valence-electron chi connectivity index (χ3n) is 6.76. The molecule has 1 aromatic heterocycles. The average molecular weight is 440 g/mol. The van der Waals surface area contributed by atoms with E-state index in [-0.39, 0.29) is 5.91 Å². The Balaban J connectivity index is 1.27. The minimum absolute atomic E-state index is 0.254. The molecule has 166 valence electrons. The van der Waals surface area contributed by atoms with Gasteiger partial charge < -0.3 is 16.2 Å². The van der Waals surface area contributed by atoms with Crippen molar-refractivity contribution in [3.8, 4) is 17.3 Å². The largest absolute Gasteiger partial charge is 0.397 e. The number of piperidine rings is 1. The molecule has 1 aliphatic carbocycles. The molecule has 2 heterocycles. The molecule has 3 aromatic rings. The molecule has 7 heteroatoms. The van der Waals surface area contributed by atoms with Crippen molar-refractivity contribution < 1.29 is 9.90 Å². The number of nitrogens with one attached hydrogen (secondary N) is 1. The van der Waals surface area contributed by atoms with Crippen molar-refractivity contribution in [2.45, 2.75) is 6.54 Å². The van der Waals surface area contributed by atoms with E-state index in [1.54, 1.807) is 36.4 Å². The lowest BCUT2D eigenvalue weighted by molar-refractivity contribution is 0.102. The van der Waals surface area contributed by atoms with Crippen LogP contribution in [0, 0.1) is 29.1 Å². The number of rotatable bonds is 6. The maximum Gasteiger partial charge on any atom is 0.255 e. The van der Waals surface area contributed by atoms with E-state index in [2.05, 4.69) is 21.3 Å². The van der Waals surface area contributed by atoms with Crippen molar-refractivity contribution in [3.05, 3.63) is 77.5 Å². The van der Waals surface area contributed by atoms with Crippen LogP contribution in [0.15, 0.2) is 60.8 Å². The fourth-order valence-electron chi connectivity index (χ4n) is 4.89. The first kappa shape index (κ1) is 21.1. The number of carbonyl (C=O) groups excluding carboxylic acids is 1. The van der Waals surface area contributed by atoms with Gasteiger partial charge in [0.25, 0.3) is 5.91 Å². The molecule has 2 fully saturated rings. The van der Waals surface area contributed by atoms with E-state index < -0.39 is 0 Å². The minimum Gasteiger partial charge on any atom is -0.397 e. The van der Waals surface area contributed by atoms with E-state index in [0.29, 0.717) is 52.6 Å². The standard InChI is InChI=1S/C26H25N5O2/c27-10-19-9-16(12-31-13-20-21(14-31)22(20)15-32)11-29-25(19)17-5-7-18(8-6-17)26(33)30-24-4-2-1-3-23(24)28/h1-9,11,20-22,32H,12-15,28H2,(H,30,33)/t20-,21?,22?/m1/s1. The lowest BCUT2D eigenvalue weighted by Gasteiger charge is -2.19. The second-order valence-corrected chi connectivity index (χ2v) is 8.84. The van der Waals surface area contributed by atoms with Gasteiger partial charge in [0.2, 0.25) is 0 Å². The topological polar surface area (TPSA) is 115 Å². The Morgan fingerprint density at radius 1 is 1.18 bits per heavy atom. The van der Waals surface area contributed by atoms with E-state index in [4.69, 9.17) is 5.73 Å². The smallest absolute Gasteiger partial charge is 0.255 e. The Hall–Kier alpha value is -3.73. The zero-order valence-corrected chi connectivity index (χ0v) is 18.1. The number of nitrogens with two attached hydrogens (primary N) is 1. The highest BCUT2D eigenvalue weighted by molar-refractivity contribution is 6.05. The fourth-order valence-corrected chi connectivity index (χ4v) is 4.89. The van der Waals surface area contributed by atoms with Crippen LogP contribution in [0.5, 0.6) is 0 Å². The van der Waals surface area contributed by atoms with Crippen molar-refractivity contribution in [3.63, 3.8) is 0 Å². The quantitative estimate of drug-likeness (QED) is 0.508. The zero-order chi connectivity index (χ0) is 22.9. The van der Waals surface area contributed by atoms with Gasteiger partial charge in [0.1, 0.15) is 6.07 Å². The molecule has 2 aromatic carbocycles. The van der Waals surface area contributed by atoms with Gasteiger partial charge in [-0.3, -0.25) is 14.7 Å². The van der Waals surface area contributed by atoms with Crippen molar-refractivity contribution in [2.24, 2.45) is 17.8 Å². The predicted octanol–water partition coefficient (Wildman–Crippen LogP) is 3.12. The third-order valence-corrected chi connectivity index (χ3v) is 6.76. The number of nitrogens with zero attached hydrogens (tertiary/aromatic N) is 3. The maximum atomic E-state index is 12.6. The van der Waals surface area contributed by atoms with Crippen LogP contribution >= 0.6 is 0 Å². The summed E-state index contributed by atoms with van der Waals surface area (Å²) in [5.41, 5.74) is 10.4. The predicted molar refractivity (Wildman–Crippen MR) is 126 cm³/mol. The number of nitrogen functional groups attached to an aromatic ring is 1. The first-order valence-corrected chi connectivity index (χ1v) is 11.1. The SMILES string of the molecule is N#Cc1cc(CN2CC3C(CO)[C@@H]3C2)cnc1-c1ccc(C(=O)Nc2ccccc2N)cc1. The van der Waals surface area contributed by atoms with Crippen molar-refractivity contribution in [1.29, 1.82) is 5.26 Å². The molecular weight excluding hydrogens is 414 g/mol. The molecule has 4 N–H and O–H groups in total. The van der Waals surface area contributed by atoms with Crippen LogP contribution in [0.4, 0.5) is 11.4 Å². The van der Waals surface area contributed by atoms with Crippen LogP contribution in [-0.2, 0) is 6.54 Å². The summed E-state index contributed by atoms with van der Waals surface area (Å²) in [5, 5.41) is 21.8. The molecule has 2 unspecified atom stereocenters. The van der Waals surface area contributed by atoms with Gasteiger partial charge >= 0.3 is 0 Å². The van der Waals surface area contributed by atoms with Crippen LogP contribution in [0.1, 0.15) is 21.5 Å². The molecule has 33 heavy (non-hydrogen) atoms. The molecule has 0 spiro atoms. The van der Waals surface area contributed by atoms with Crippen LogP contribution in [0.2, 0.25) is 0 Å². The Morgan fingerprint density at radius 2 is 1.91 bits per heavy atom. The summed E-state index contributed by atoms with van der Waals surface area (Å²) in [7, 11) is 0. The lowest BCUT2D eigenvalue weighted by atomic mass is 10.0. The summed E-state index contributed by atoms with van der Waals surface area (Å²) >= 11 is 0. The lowest BCUT2D eigenvalue weighted by Crippen LogP contribution is -2.24. The number of carbonyl (C=O) groups is 1. The highest BCUT2D eigenvalue weighted by Crippen LogP contribution is 2.51. The van der Waals surface area contributed by atoms with Gasteiger partial charge in [-0.15, -0.1) is 0 Å². The van der Waals surface area contributed by atoms with Crippen LogP contribution < -0.4 is 11.1 Å². The first-order valence-electron chi connectivity index (χ1n) is 11.1. The van der Waals surface area contributed by atoms with Gasteiger partial charge in [-0.2, -0.15) is 5.26 Å². The monoisotopic (exact) mass is 439 g/mol. The molecule has 5 rings (SSSR count). The van der Waals surface area contributed by atoms with Gasteiger partial charge in [0.15, 0.2) is 0 Å². The second-order valence-electron chi connectivity index (χ2n) is 8.84. The van der Waals surface area contributed by atoms with E-state index in [9.17, 15) is 15.2 Å². The number of fused-ring (bicyclic) bond motifs is 1. The van der Waals surface area contributed by atoms with Crippen LogP contribution in [-0.4, -0.2) is 40.6 Å². The van der Waals surface area contributed by atoms with E-state index in [0.717, 1.165) is 30.8 Å². The molecule has 1 saturated heterocycles. The highest BCUT2D eigenvalue weighted by Gasteiger charge is 2.54. The number of aromatic nitrogens is 1. The molecule has 1 aliphatic heterocycles. The number of hydrogen-bond donors (Lipinski definition) is 3. The molecule has 0 radical (unpaired) electrons. The molecule has 2 aliphatic rings. The Kier molecular flexibility index (Phi) is 5.55. The number of hydrogen-bond acceptors (Lipinski definition) is 6. The van der Waals surface area contributed by atoms with Crippen LogP contribution in [0.3, 0.4) is 0 Å². The molecule has 1 saturated carbocycles. The number of pyridine rings is 1. The van der Waals surface area contributed by atoms with Gasteiger partial charge in [-0.1, -0.05) is 24.3 Å². The third kappa shape index (κ3) is 4.19. The Bertz CT molecular complexity index is 1220. The fraction of sp³-hybridized carbons (Fsp3) is 0.269. The number of amides is 1. The van der Waals surface area contributed by atoms with Gasteiger partial charge in [-0.05, 0) is 53.6 Å². The van der Waals surface area contributed by atoms with E-state index >= 15 is 0 Å². The Morgan fingerprint density at radius 3 is 2.58 bits per heavy atom. The van der Waals surface area contributed by atoms with Gasteiger partial charge in [0, 0.05) is 43.6 Å². The van der Waals surface area contributed by atoms with Crippen molar-refractivity contribution in [1.82, 2.24) is 9.88 Å². The summed E-state index contributed by atoms with van der Waals surface area (Å²) < 4.78 is 0. The minimum atomic E-state index is -0.254. The van der Waals surface area contributed by atoms with Gasteiger partial charge in [-0.25, -0.2) is 0 Å². The number of benzene rings is 2. The molecule has 0 bridgehead atoms. The Labute approximate surface area is 192 Å². The average Bonchev–Trinajstić information content (AvgIpc) is 3.32. The van der Waals surface area contributed by atoms with Crippen molar-refractivity contribution in [2.75, 3.05) is 30.7 Å². The van der Waals surface area contributed by atoms with Gasteiger partial charge in [0.05, 0.1) is 22.6 Å². The summed E-state index contributed by atoms with van der Waals surface area (Å²) in [6.45, 7) is 3.04. The molecule has 7 nitrogen and oxygen atoms in total. The number of nitriles is 1.